The minimum absolute atomic E-state index is 0.598. The van der Waals surface area contributed by atoms with Crippen molar-refractivity contribution in [2.24, 2.45) is 16.8 Å². The molecule has 1 unspecified atom stereocenters. The number of rotatable bonds is 7. The normalized spacial score (nSPS) is 22.4. The van der Waals surface area contributed by atoms with E-state index < -0.39 is 0 Å². The van der Waals surface area contributed by atoms with Crippen molar-refractivity contribution in [3.63, 3.8) is 0 Å². The van der Waals surface area contributed by atoms with E-state index in [0.29, 0.717) is 12.5 Å². The number of hydrogen-bond donors (Lipinski definition) is 1. The van der Waals surface area contributed by atoms with Crippen LogP contribution in [-0.4, -0.2) is 68.7 Å². The van der Waals surface area contributed by atoms with Gasteiger partial charge in [-0.3, -0.25) is 4.99 Å². The molecule has 150 valence electrons. The van der Waals surface area contributed by atoms with E-state index in [1.54, 1.807) is 0 Å². The molecule has 0 bridgehead atoms. The molecule has 2 aliphatic heterocycles. The van der Waals surface area contributed by atoms with Gasteiger partial charge in [0.05, 0.1) is 13.2 Å². The third kappa shape index (κ3) is 6.51. The molecule has 1 N–H and O–H groups in total. The van der Waals surface area contributed by atoms with E-state index in [9.17, 15) is 0 Å². The number of benzene rings is 1. The van der Waals surface area contributed by atoms with Crippen LogP contribution in [0.1, 0.15) is 31.7 Å². The average molecular weight is 373 g/mol. The van der Waals surface area contributed by atoms with Gasteiger partial charge in [0.15, 0.2) is 5.96 Å². The second-order valence-corrected chi connectivity index (χ2v) is 8.04. The standard InChI is InChI=1S/C22H36N4O/c1-3-23-22(24-15-19-9-12-25(2)13-10-19)26-14-11-21(16-26)18-27-17-20-7-5-4-6-8-20/h4-8,19,21H,3,9-18H2,1-2H3,(H,23,24). The van der Waals surface area contributed by atoms with E-state index in [2.05, 4.69) is 53.4 Å². The average Bonchev–Trinajstić information content (AvgIpc) is 3.16. The summed E-state index contributed by atoms with van der Waals surface area (Å²) in [4.78, 5) is 9.83. The Morgan fingerprint density at radius 2 is 1.85 bits per heavy atom. The fourth-order valence-corrected chi connectivity index (χ4v) is 3.96. The second kappa shape index (κ2) is 10.7. The Labute approximate surface area is 164 Å². The minimum Gasteiger partial charge on any atom is -0.376 e. The molecule has 0 aliphatic carbocycles. The van der Waals surface area contributed by atoms with Crippen LogP contribution in [-0.2, 0) is 11.3 Å². The Kier molecular flexibility index (Phi) is 7.96. The highest BCUT2D eigenvalue weighted by molar-refractivity contribution is 5.80. The van der Waals surface area contributed by atoms with Crippen molar-refractivity contribution in [2.45, 2.75) is 32.8 Å². The molecule has 5 nitrogen and oxygen atoms in total. The van der Waals surface area contributed by atoms with Gasteiger partial charge >= 0.3 is 0 Å². The summed E-state index contributed by atoms with van der Waals surface area (Å²) in [6.07, 6.45) is 3.73. The van der Waals surface area contributed by atoms with Crippen LogP contribution in [0.5, 0.6) is 0 Å². The SMILES string of the molecule is CCNC(=NCC1CCN(C)CC1)N1CCC(COCc2ccccc2)C1. The first-order chi connectivity index (χ1) is 13.2. The zero-order valence-corrected chi connectivity index (χ0v) is 17.1. The molecule has 1 aromatic rings. The Hall–Kier alpha value is -1.59. The zero-order valence-electron chi connectivity index (χ0n) is 17.1. The molecule has 27 heavy (non-hydrogen) atoms. The first-order valence-corrected chi connectivity index (χ1v) is 10.6. The number of aliphatic imine (C=N–C) groups is 1. The second-order valence-electron chi connectivity index (χ2n) is 8.04. The molecule has 0 amide bonds. The van der Waals surface area contributed by atoms with Gasteiger partial charge in [-0.1, -0.05) is 30.3 Å². The third-order valence-corrected chi connectivity index (χ3v) is 5.72. The molecule has 3 rings (SSSR count). The number of likely N-dealkylation sites (tertiary alicyclic amines) is 2. The number of piperidine rings is 1. The lowest BCUT2D eigenvalue weighted by Gasteiger charge is -2.28. The zero-order chi connectivity index (χ0) is 18.9. The van der Waals surface area contributed by atoms with E-state index in [4.69, 9.17) is 9.73 Å². The quantitative estimate of drug-likeness (QED) is 0.590. The van der Waals surface area contributed by atoms with E-state index in [0.717, 1.165) is 44.7 Å². The van der Waals surface area contributed by atoms with Crippen LogP contribution in [0.15, 0.2) is 35.3 Å². The maximum absolute atomic E-state index is 5.97. The first-order valence-electron chi connectivity index (χ1n) is 10.6. The van der Waals surface area contributed by atoms with Crippen molar-refractivity contribution in [3.8, 4) is 0 Å². The van der Waals surface area contributed by atoms with E-state index >= 15 is 0 Å². The number of nitrogens with zero attached hydrogens (tertiary/aromatic N) is 3. The minimum atomic E-state index is 0.598. The molecule has 0 aromatic heterocycles. The van der Waals surface area contributed by atoms with Crippen LogP contribution < -0.4 is 5.32 Å². The number of guanidine groups is 1. The van der Waals surface area contributed by atoms with Crippen LogP contribution in [0.3, 0.4) is 0 Å². The number of nitrogens with one attached hydrogen (secondary N) is 1. The molecular formula is C22H36N4O. The highest BCUT2D eigenvalue weighted by Gasteiger charge is 2.25. The van der Waals surface area contributed by atoms with E-state index in [1.165, 1.54) is 37.9 Å². The first kappa shape index (κ1) is 20.2. The predicted molar refractivity (Wildman–Crippen MR) is 112 cm³/mol. The van der Waals surface area contributed by atoms with Crippen LogP contribution in [0.2, 0.25) is 0 Å². The maximum atomic E-state index is 5.97. The van der Waals surface area contributed by atoms with Crippen molar-refractivity contribution in [1.29, 1.82) is 0 Å². The van der Waals surface area contributed by atoms with Crippen LogP contribution >= 0.6 is 0 Å². The number of ether oxygens (including phenoxy) is 1. The highest BCUT2D eigenvalue weighted by Crippen LogP contribution is 2.19. The van der Waals surface area contributed by atoms with Gasteiger partial charge in [-0.05, 0) is 57.8 Å². The van der Waals surface area contributed by atoms with E-state index in [1.807, 2.05) is 6.07 Å². The molecule has 0 radical (unpaired) electrons. The van der Waals surface area contributed by atoms with Gasteiger partial charge in [0, 0.05) is 32.1 Å². The van der Waals surface area contributed by atoms with Gasteiger partial charge < -0.3 is 19.9 Å². The summed E-state index contributed by atoms with van der Waals surface area (Å²) in [5.74, 6) is 2.44. The summed E-state index contributed by atoms with van der Waals surface area (Å²) in [5.41, 5.74) is 1.25. The van der Waals surface area contributed by atoms with Gasteiger partial charge in [0.2, 0.25) is 0 Å². The Bertz CT molecular complexity index is 569. The fraction of sp³-hybridized carbons (Fsp3) is 0.682. The Morgan fingerprint density at radius 1 is 1.11 bits per heavy atom. The van der Waals surface area contributed by atoms with Gasteiger partial charge in [-0.15, -0.1) is 0 Å². The van der Waals surface area contributed by atoms with Gasteiger partial charge in [-0.25, -0.2) is 0 Å². The molecular weight excluding hydrogens is 336 g/mol. The van der Waals surface area contributed by atoms with Crippen LogP contribution in [0.4, 0.5) is 0 Å². The summed E-state index contributed by atoms with van der Waals surface area (Å²) in [6.45, 7) is 10.1. The maximum Gasteiger partial charge on any atom is 0.193 e. The Morgan fingerprint density at radius 3 is 2.59 bits per heavy atom. The summed E-state index contributed by atoms with van der Waals surface area (Å²) < 4.78 is 5.97. The lowest BCUT2D eigenvalue weighted by atomic mass is 9.97. The monoisotopic (exact) mass is 372 g/mol. The third-order valence-electron chi connectivity index (χ3n) is 5.72. The summed E-state index contributed by atoms with van der Waals surface area (Å²) in [6, 6.07) is 10.4. The predicted octanol–water partition coefficient (Wildman–Crippen LogP) is 2.83. The molecule has 2 aliphatic rings. The fourth-order valence-electron chi connectivity index (χ4n) is 3.96. The van der Waals surface area contributed by atoms with Crippen molar-refractivity contribution in [1.82, 2.24) is 15.1 Å². The van der Waals surface area contributed by atoms with Gasteiger partial charge in [0.25, 0.3) is 0 Å². The van der Waals surface area contributed by atoms with Crippen molar-refractivity contribution in [2.75, 3.05) is 52.9 Å². The molecule has 2 heterocycles. The molecule has 1 atom stereocenters. The molecule has 5 heteroatoms. The van der Waals surface area contributed by atoms with Gasteiger partial charge in [-0.2, -0.15) is 0 Å². The largest absolute Gasteiger partial charge is 0.376 e. The number of hydrogen-bond acceptors (Lipinski definition) is 3. The van der Waals surface area contributed by atoms with Crippen molar-refractivity contribution >= 4 is 5.96 Å². The Balaban J connectivity index is 1.43. The van der Waals surface area contributed by atoms with E-state index in [-0.39, 0.29) is 0 Å². The lowest BCUT2D eigenvalue weighted by molar-refractivity contribution is 0.0906. The highest BCUT2D eigenvalue weighted by atomic mass is 16.5. The topological polar surface area (TPSA) is 40.1 Å². The molecule has 2 saturated heterocycles. The molecule has 0 saturated carbocycles. The summed E-state index contributed by atoms with van der Waals surface area (Å²) in [7, 11) is 2.22. The van der Waals surface area contributed by atoms with Crippen LogP contribution in [0.25, 0.3) is 0 Å². The van der Waals surface area contributed by atoms with Crippen molar-refractivity contribution < 1.29 is 4.74 Å². The van der Waals surface area contributed by atoms with Crippen molar-refractivity contribution in [3.05, 3.63) is 35.9 Å². The smallest absolute Gasteiger partial charge is 0.193 e. The molecule has 0 spiro atoms. The van der Waals surface area contributed by atoms with Gasteiger partial charge in [0.1, 0.15) is 0 Å². The molecule has 2 fully saturated rings. The summed E-state index contributed by atoms with van der Waals surface area (Å²) in [5, 5.41) is 3.50. The summed E-state index contributed by atoms with van der Waals surface area (Å²) >= 11 is 0. The molecule has 1 aromatic carbocycles. The lowest BCUT2D eigenvalue weighted by Crippen LogP contribution is -2.41. The van der Waals surface area contributed by atoms with Crippen LogP contribution in [0, 0.1) is 11.8 Å².